The molecule has 0 saturated carbocycles. The summed E-state index contributed by atoms with van der Waals surface area (Å²) in [5.41, 5.74) is 3.81. The van der Waals surface area contributed by atoms with Crippen LogP contribution in [0.15, 0.2) is 48.5 Å². The number of rotatable bonds is 5. The lowest BCUT2D eigenvalue weighted by molar-refractivity contribution is -0.384. The second-order valence-electron chi connectivity index (χ2n) is 8.71. The maximum absolute atomic E-state index is 14.6. The number of ether oxygens (including phenoxy) is 1. The van der Waals surface area contributed by atoms with Crippen LogP contribution in [0.5, 0.6) is 0 Å². The Hall–Kier alpha value is -3.64. The van der Waals surface area contributed by atoms with Crippen molar-refractivity contribution in [3.8, 4) is 0 Å². The highest BCUT2D eigenvalue weighted by molar-refractivity contribution is 6.25. The van der Waals surface area contributed by atoms with E-state index in [1.54, 1.807) is 19.1 Å². The second-order valence-corrected chi connectivity index (χ2v) is 8.71. The SMILES string of the molecule is CCOC1C=c2c(F)cccc2=c2ccc3c(c21)CCCC=3C(=O)c1ccc([N+](=O)[O-])cc1C. The minimum absolute atomic E-state index is 0.0295. The molecule has 3 aromatic carbocycles. The van der Waals surface area contributed by atoms with Gasteiger partial charge in [-0.1, -0.05) is 24.3 Å². The standard InChI is InChI=1S/C28H24FNO4/c1-3-34-26-15-24-19(6-5-9-25(24)29)22-13-12-20-21(27(22)26)7-4-8-23(20)28(31)18-11-10-17(30(32)33)14-16(18)2/h5-6,9-15,26H,3-4,7-8H2,1-2H3. The van der Waals surface area contributed by atoms with Crippen LogP contribution in [0.2, 0.25) is 0 Å². The molecule has 0 saturated heterocycles. The highest BCUT2D eigenvalue weighted by Gasteiger charge is 2.26. The van der Waals surface area contributed by atoms with Gasteiger partial charge in [0.1, 0.15) is 11.9 Å². The minimum atomic E-state index is -0.457. The summed E-state index contributed by atoms with van der Waals surface area (Å²) in [6.07, 6.45) is 3.69. The van der Waals surface area contributed by atoms with Crippen molar-refractivity contribution in [2.24, 2.45) is 0 Å². The van der Waals surface area contributed by atoms with Crippen LogP contribution in [0.25, 0.3) is 11.6 Å². The Morgan fingerprint density at radius 2 is 1.91 bits per heavy atom. The van der Waals surface area contributed by atoms with Gasteiger partial charge in [-0.25, -0.2) is 4.39 Å². The van der Waals surface area contributed by atoms with Crippen molar-refractivity contribution in [2.75, 3.05) is 6.61 Å². The number of nitro groups is 1. The van der Waals surface area contributed by atoms with Gasteiger partial charge in [0.05, 0.1) is 4.92 Å². The number of non-ortho nitro benzene ring substituents is 1. The summed E-state index contributed by atoms with van der Waals surface area (Å²) in [7, 11) is 0. The summed E-state index contributed by atoms with van der Waals surface area (Å²) in [6, 6.07) is 13.4. The number of hydrogen-bond acceptors (Lipinski definition) is 4. The van der Waals surface area contributed by atoms with Crippen LogP contribution >= 0.6 is 0 Å². The number of aryl methyl sites for hydroxylation is 1. The predicted octanol–water partition coefficient (Wildman–Crippen LogP) is 4.57. The average Bonchev–Trinajstić information content (AvgIpc) is 2.83. The van der Waals surface area contributed by atoms with Crippen molar-refractivity contribution in [1.82, 2.24) is 0 Å². The molecular formula is C28H24FNO4. The number of ketones is 1. The van der Waals surface area contributed by atoms with Gasteiger partial charge in [-0.2, -0.15) is 0 Å². The third-order valence-electron chi connectivity index (χ3n) is 6.77. The van der Waals surface area contributed by atoms with E-state index >= 15 is 0 Å². The molecule has 5 rings (SSSR count). The Balaban J connectivity index is 1.77. The number of carbonyl (C=O) groups excluding carboxylic acids is 1. The Labute approximate surface area is 195 Å². The van der Waals surface area contributed by atoms with Crippen molar-refractivity contribution >= 4 is 23.1 Å². The number of halogens is 1. The van der Waals surface area contributed by atoms with Crippen molar-refractivity contribution in [2.45, 2.75) is 39.2 Å². The van der Waals surface area contributed by atoms with E-state index < -0.39 is 11.0 Å². The van der Waals surface area contributed by atoms with E-state index in [4.69, 9.17) is 4.74 Å². The van der Waals surface area contributed by atoms with E-state index in [-0.39, 0.29) is 17.3 Å². The van der Waals surface area contributed by atoms with Gasteiger partial charge in [0.2, 0.25) is 0 Å². The van der Waals surface area contributed by atoms with Gasteiger partial charge in [0.15, 0.2) is 5.78 Å². The number of fused-ring (bicyclic) bond motifs is 4. The van der Waals surface area contributed by atoms with E-state index in [0.717, 1.165) is 39.6 Å². The molecule has 0 N–H and O–H groups in total. The monoisotopic (exact) mass is 457 g/mol. The normalized spacial score (nSPS) is 16.2. The molecule has 5 nitrogen and oxygen atoms in total. The van der Waals surface area contributed by atoms with Gasteiger partial charge in [-0.15, -0.1) is 0 Å². The molecule has 0 amide bonds. The molecule has 0 radical (unpaired) electrons. The molecule has 2 aliphatic rings. The second kappa shape index (κ2) is 8.61. The summed E-state index contributed by atoms with van der Waals surface area (Å²) in [5, 5.41) is 14.3. The fraction of sp³-hybridized carbons (Fsp3) is 0.250. The summed E-state index contributed by atoms with van der Waals surface area (Å²) in [5.74, 6) is -0.380. The van der Waals surface area contributed by atoms with Crippen molar-refractivity contribution in [3.05, 3.63) is 108 Å². The van der Waals surface area contributed by atoms with Crippen molar-refractivity contribution < 1.29 is 18.8 Å². The number of hydrogen-bond donors (Lipinski definition) is 0. The first-order valence-electron chi connectivity index (χ1n) is 11.5. The fourth-order valence-corrected chi connectivity index (χ4v) is 5.25. The van der Waals surface area contributed by atoms with Crippen molar-refractivity contribution in [3.63, 3.8) is 0 Å². The Morgan fingerprint density at radius 1 is 1.12 bits per heavy atom. The highest BCUT2D eigenvalue weighted by atomic mass is 19.1. The lowest BCUT2D eigenvalue weighted by Gasteiger charge is -2.25. The topological polar surface area (TPSA) is 69.4 Å². The van der Waals surface area contributed by atoms with E-state index in [9.17, 15) is 19.3 Å². The predicted molar refractivity (Wildman–Crippen MR) is 127 cm³/mol. The molecule has 1 atom stereocenters. The summed E-state index contributed by atoms with van der Waals surface area (Å²) >= 11 is 0. The average molecular weight is 458 g/mol. The zero-order valence-corrected chi connectivity index (χ0v) is 19.1. The lowest BCUT2D eigenvalue weighted by Crippen LogP contribution is -2.28. The first-order chi connectivity index (χ1) is 16.4. The van der Waals surface area contributed by atoms with Crippen molar-refractivity contribution in [1.29, 1.82) is 0 Å². The van der Waals surface area contributed by atoms with Crippen LogP contribution in [0.1, 0.15) is 52.9 Å². The molecular weight excluding hydrogens is 433 g/mol. The highest BCUT2D eigenvalue weighted by Crippen LogP contribution is 2.30. The maximum Gasteiger partial charge on any atom is 0.269 e. The summed E-state index contributed by atoms with van der Waals surface area (Å²) < 4.78 is 20.7. The fourth-order valence-electron chi connectivity index (χ4n) is 5.25. The van der Waals surface area contributed by atoms with Gasteiger partial charge in [-0.3, -0.25) is 14.9 Å². The van der Waals surface area contributed by atoms with Gasteiger partial charge < -0.3 is 4.74 Å². The summed E-state index contributed by atoms with van der Waals surface area (Å²) in [6.45, 7) is 4.12. The first kappa shape index (κ1) is 22.2. The molecule has 0 heterocycles. The zero-order valence-electron chi connectivity index (χ0n) is 19.1. The molecule has 2 aliphatic carbocycles. The maximum atomic E-state index is 14.6. The Kier molecular flexibility index (Phi) is 5.62. The molecule has 1 unspecified atom stereocenters. The number of nitro benzene ring substituents is 1. The molecule has 34 heavy (non-hydrogen) atoms. The molecule has 0 bridgehead atoms. The molecule has 0 spiro atoms. The third kappa shape index (κ3) is 3.55. The van der Waals surface area contributed by atoms with Crippen LogP contribution in [-0.4, -0.2) is 17.3 Å². The molecule has 6 heteroatoms. The zero-order chi connectivity index (χ0) is 24.0. The van der Waals surface area contributed by atoms with Gasteiger partial charge in [-0.05, 0) is 83.7 Å². The Bertz CT molecular complexity index is 1580. The smallest absolute Gasteiger partial charge is 0.269 e. The molecule has 172 valence electrons. The largest absolute Gasteiger partial charge is 0.370 e. The number of carbonyl (C=O) groups is 1. The molecule has 0 aromatic heterocycles. The lowest BCUT2D eigenvalue weighted by atomic mass is 9.82. The number of benzene rings is 3. The van der Waals surface area contributed by atoms with Gasteiger partial charge >= 0.3 is 0 Å². The third-order valence-corrected chi connectivity index (χ3v) is 6.77. The van der Waals surface area contributed by atoms with E-state index in [1.807, 2.05) is 31.2 Å². The van der Waals surface area contributed by atoms with Crippen LogP contribution in [0, 0.1) is 33.3 Å². The molecule has 0 fully saturated rings. The van der Waals surface area contributed by atoms with Gasteiger partial charge in [0, 0.05) is 35.1 Å². The van der Waals surface area contributed by atoms with Gasteiger partial charge in [0.25, 0.3) is 5.69 Å². The van der Waals surface area contributed by atoms with Crippen LogP contribution in [-0.2, 0) is 11.2 Å². The summed E-state index contributed by atoms with van der Waals surface area (Å²) in [4.78, 5) is 24.2. The van der Waals surface area contributed by atoms with E-state index in [0.29, 0.717) is 34.9 Å². The van der Waals surface area contributed by atoms with E-state index in [2.05, 4.69) is 0 Å². The van der Waals surface area contributed by atoms with Crippen LogP contribution in [0.3, 0.4) is 0 Å². The number of Topliss-reactive ketones (excluding diaryl/α,β-unsaturated/α-hetero) is 1. The molecule has 3 aromatic rings. The minimum Gasteiger partial charge on any atom is -0.370 e. The quantitative estimate of drug-likeness (QED) is 0.320. The first-order valence-corrected chi connectivity index (χ1v) is 11.5. The van der Waals surface area contributed by atoms with Crippen LogP contribution in [0.4, 0.5) is 10.1 Å². The molecule has 0 aliphatic heterocycles. The van der Waals surface area contributed by atoms with E-state index in [1.165, 1.54) is 18.2 Å². The number of nitrogens with zero attached hydrogens (tertiary/aromatic N) is 1. The Morgan fingerprint density at radius 3 is 2.65 bits per heavy atom. The van der Waals surface area contributed by atoms with Crippen LogP contribution < -0.4 is 10.4 Å².